The summed E-state index contributed by atoms with van der Waals surface area (Å²) in [5.74, 6) is 23.3. The van der Waals surface area contributed by atoms with E-state index in [1.807, 2.05) is 374 Å². The molecule has 0 fully saturated rings. The van der Waals surface area contributed by atoms with Gasteiger partial charge in [-0.25, -0.2) is 0 Å². The third-order valence-corrected chi connectivity index (χ3v) is 0.654. The largest absolute Gasteiger partial charge is 0.124 e. The van der Waals surface area contributed by atoms with Crippen molar-refractivity contribution >= 4 is 76.0 Å². The summed E-state index contributed by atoms with van der Waals surface area (Å²) in [5, 5.41) is 0. The van der Waals surface area contributed by atoms with Gasteiger partial charge in [0.25, 0.3) is 0 Å². The highest BCUT2D eigenvalue weighted by molar-refractivity contribution is 7.49. The molecule has 0 aromatic carbocycles. The van der Waals surface area contributed by atoms with E-state index in [-0.39, 0.29) is 142 Å². The van der Waals surface area contributed by atoms with E-state index < -0.39 is 6.39 Å². The molecule has 0 aliphatic heterocycles. The topological polar surface area (TPSA) is 0 Å². The summed E-state index contributed by atoms with van der Waals surface area (Å²) in [4.78, 5) is 0. The molecular formula is C90H246B10. The number of rotatable bonds is 0. The first-order chi connectivity index (χ1) is 39.8. The third kappa shape index (κ3) is 86100. The highest BCUT2D eigenvalue weighted by Crippen LogP contribution is 1.43. The van der Waals surface area contributed by atoms with Crippen LogP contribution >= 0.6 is 0 Å². The first-order valence-corrected chi connectivity index (χ1v) is 33.0. The normalized spacial score (nSPS) is 2.54. The molecule has 0 aliphatic rings. The number of terminal acetylenes is 5. The van der Waals surface area contributed by atoms with E-state index in [9.17, 15) is 0 Å². The van der Waals surface area contributed by atoms with Gasteiger partial charge >= 0.3 is 0 Å². The molecule has 0 saturated carbocycles. The van der Waals surface area contributed by atoms with Crippen molar-refractivity contribution in [2.45, 2.75) is 521 Å². The maximum Gasteiger partial charge on any atom is 0 e. The minimum absolute atomic E-state index is 0. The quantitative estimate of drug-likeness (QED) is 0.168. The van der Waals surface area contributed by atoms with Gasteiger partial charge in [-0.05, 0) is 63.2 Å². The first kappa shape index (κ1) is 461. The second-order valence-corrected chi connectivity index (χ2v) is 2.62. The highest BCUT2D eigenvalue weighted by atomic mass is 13.4. The smallest absolute Gasteiger partial charge is 0 e. The minimum atomic E-state index is -0.667. The van der Waals surface area contributed by atoms with E-state index in [1.165, 1.54) is 0 Å². The summed E-state index contributed by atoms with van der Waals surface area (Å²) in [6.07, 6.45) is 26.0. The first-order valence-electron chi connectivity index (χ1n) is 33.0. The lowest BCUT2D eigenvalue weighted by molar-refractivity contribution is 1.50. The van der Waals surface area contributed by atoms with Gasteiger partial charge in [-0.15, -0.1) is 56.3 Å². The van der Waals surface area contributed by atoms with Crippen LogP contribution in [-0.2, 0) is 0 Å². The van der Waals surface area contributed by atoms with Gasteiger partial charge in [0.2, 0.25) is 0 Å². The molecule has 0 atom stereocenters. The molecule has 0 saturated heterocycles. The summed E-state index contributed by atoms with van der Waals surface area (Å²) in [7, 11) is 32.0. The summed E-state index contributed by atoms with van der Waals surface area (Å²) >= 11 is 0. The Morgan fingerprint density at radius 1 is 0.210 bits per heavy atom. The third-order valence-electron chi connectivity index (χ3n) is 0.654. The Morgan fingerprint density at radius 2 is 0.260 bits per heavy atom. The molecule has 100 heavy (non-hydrogen) atoms. The van der Waals surface area contributed by atoms with E-state index in [2.05, 4.69) is 133 Å². The van der Waals surface area contributed by atoms with Gasteiger partial charge in [0.15, 0.2) is 0 Å². The molecule has 10 heteroatoms. The maximum atomic E-state index is 4.72. The minimum Gasteiger partial charge on any atom is -0.124 e. The average molecular weight is 1440 g/mol. The van der Waals surface area contributed by atoms with E-state index in [0.29, 0.717) is 0 Å². The molecule has 0 N–H and O–H groups in total. The van der Waals surface area contributed by atoms with Crippen LogP contribution < -0.4 is 0 Å². The lowest BCUT2D eigenvalue weighted by Crippen LogP contribution is -2.11. The Kier molecular flexibility index (Phi) is 32400. The average Bonchev–Trinajstić information content (AvgIpc) is 3.63. The van der Waals surface area contributed by atoms with Crippen LogP contribution in [0.3, 0.4) is 0 Å². The van der Waals surface area contributed by atoms with Crippen molar-refractivity contribution in [2.75, 3.05) is 0 Å². The summed E-state index contributed by atoms with van der Waals surface area (Å²) in [6, 6.07) is 0. The van der Waals surface area contributed by atoms with E-state index >= 15 is 0 Å². The molecule has 18 radical (unpaired) electrons. The van der Waals surface area contributed by atoms with Gasteiger partial charge in [0.1, 0.15) is 0 Å². The van der Waals surface area contributed by atoms with Crippen LogP contribution in [0.1, 0.15) is 521 Å². The van der Waals surface area contributed by atoms with Gasteiger partial charge < -0.3 is 0 Å². The van der Waals surface area contributed by atoms with Crippen LogP contribution in [0.15, 0.2) is 0 Å². The van der Waals surface area contributed by atoms with Crippen molar-refractivity contribution in [3.8, 4) is 97.7 Å². The number of hydrogen-bond acceptors (Lipinski definition) is 0. The van der Waals surface area contributed by atoms with Crippen molar-refractivity contribution in [1.82, 2.24) is 0 Å². The molecule has 0 nitrogen and oxygen atoms in total. The van der Waals surface area contributed by atoms with Crippen LogP contribution in [0.2, 0.25) is 0 Å². The molecule has 0 heterocycles. The van der Waals surface area contributed by atoms with Crippen molar-refractivity contribution in [2.24, 2.45) is 0 Å². The zero-order chi connectivity index (χ0) is 77.4. The monoisotopic (exact) mass is 1440 g/mol. The fourth-order valence-electron chi connectivity index (χ4n) is 0.144. The standard InChI is InChI=1S/C6H2.C5H4.C4H6.C3H4.26C2H6.C2H2.18CH4.B4.B3.B2.B/c1-3-5-6-4-2;1-3-5-4-2;1-3-4-2;1-3-2;27*1-2;;;;;;;;;;;;;;;;;;;1-4(2)3;1-3-2;1-2;/h1-2H;1H,2H3;1-2H3;1H,2H3;26*1-2H3;1-2H;18*1H4;;;;. The van der Waals surface area contributed by atoms with Gasteiger partial charge in [-0.2, -0.15) is 0 Å². The predicted octanol–water partition coefficient (Wildman–Crippen LogP) is 37.1. The number of hydrogen-bond donors (Lipinski definition) is 0. The van der Waals surface area contributed by atoms with E-state index in [0.717, 1.165) is 7.06 Å². The maximum absolute atomic E-state index is 4.72. The Balaban J connectivity index is -0.00000000447. The zero-order valence-corrected chi connectivity index (χ0v) is 70.2. The zero-order valence-electron chi connectivity index (χ0n) is 70.2. The van der Waals surface area contributed by atoms with Gasteiger partial charge in [0, 0.05) is 76.0 Å². The molecule has 0 spiro atoms. The van der Waals surface area contributed by atoms with Crippen LogP contribution in [0.5, 0.6) is 0 Å². The van der Waals surface area contributed by atoms with E-state index in [1.54, 1.807) is 13.8 Å². The highest BCUT2D eigenvalue weighted by Gasteiger charge is 1.73. The van der Waals surface area contributed by atoms with Crippen molar-refractivity contribution in [3.05, 3.63) is 0 Å². The summed E-state index contributed by atoms with van der Waals surface area (Å²) in [5.41, 5.74) is 0. The predicted molar refractivity (Wildman–Crippen MR) is 565 cm³/mol. The molecular weight excluding hydrogens is 1190 g/mol. The molecule has 0 aliphatic carbocycles. The SMILES string of the molecule is C.C.C.C.C.C.C.C.C.C.C.C.C.C.C.C.C.C.C#C.C#CC.C#CC#CC.C#CC#CC#C.CC.CC.CC.CC.CC.CC.CC.CC.CC.CC.CC.CC.CC.CC.CC.CC.CC.CC.CC.CC.CC.CC.CC.CC.CC.CC.CC#CC.[B].[B]B([B])[B].[B][B].[B][B][B]. The van der Waals surface area contributed by atoms with Gasteiger partial charge in [-0.3, -0.25) is 0 Å². The molecule has 0 bridgehead atoms. The molecule has 0 unspecified atom stereocenters. The summed E-state index contributed by atoms with van der Waals surface area (Å²) in [6.45, 7) is 111. The van der Waals surface area contributed by atoms with Crippen molar-refractivity contribution in [3.63, 3.8) is 0 Å². The second-order valence-electron chi connectivity index (χ2n) is 2.62. The van der Waals surface area contributed by atoms with Crippen molar-refractivity contribution in [1.29, 1.82) is 0 Å². The van der Waals surface area contributed by atoms with E-state index in [4.69, 9.17) is 19.3 Å². The molecule has 0 aromatic rings. The lowest BCUT2D eigenvalue weighted by Gasteiger charge is -1.73. The Bertz CT molecular complexity index is 612. The molecule has 0 rings (SSSR count). The summed E-state index contributed by atoms with van der Waals surface area (Å²) < 4.78 is 0. The Morgan fingerprint density at radius 3 is 0.270 bits per heavy atom. The Labute approximate surface area is 691 Å². The van der Waals surface area contributed by atoms with Gasteiger partial charge in [0.05, 0.1) is 0 Å². The lowest BCUT2D eigenvalue weighted by atomic mass is 9.08. The van der Waals surface area contributed by atoms with Crippen LogP contribution in [0.4, 0.5) is 0 Å². The van der Waals surface area contributed by atoms with Crippen LogP contribution in [0, 0.1) is 97.7 Å². The molecule has 0 amide bonds. The molecule has 0 aromatic heterocycles. The van der Waals surface area contributed by atoms with Gasteiger partial charge in [-0.1, -0.05) is 500 Å². The Hall–Kier alpha value is -2.87. The second kappa shape index (κ2) is 7020. The molecule has 636 valence electrons. The van der Waals surface area contributed by atoms with Crippen LogP contribution in [-0.4, -0.2) is 76.0 Å². The van der Waals surface area contributed by atoms with Crippen LogP contribution in [0.25, 0.3) is 0 Å². The van der Waals surface area contributed by atoms with Crippen molar-refractivity contribution < 1.29 is 0 Å². The fourth-order valence-corrected chi connectivity index (χ4v) is 0.144. The fraction of sp³-hybridized carbons (Fsp3) is 0.822.